The first-order chi connectivity index (χ1) is 13.6. The van der Waals surface area contributed by atoms with E-state index in [0.717, 1.165) is 0 Å². The van der Waals surface area contributed by atoms with Gasteiger partial charge in [0.2, 0.25) is 0 Å². The molecule has 148 valence electrons. The molecular weight excluding hydrogens is 382 g/mol. The highest BCUT2D eigenvalue weighted by Gasteiger charge is 2.22. The van der Waals surface area contributed by atoms with Crippen molar-refractivity contribution in [2.45, 2.75) is 17.9 Å². The number of benzene rings is 2. The van der Waals surface area contributed by atoms with E-state index >= 15 is 0 Å². The van der Waals surface area contributed by atoms with Gasteiger partial charge in [-0.3, -0.25) is 9.00 Å². The van der Waals surface area contributed by atoms with E-state index in [4.69, 9.17) is 14.2 Å². The maximum absolute atomic E-state index is 12.3. The number of amides is 1. The van der Waals surface area contributed by atoms with Crippen molar-refractivity contribution in [1.29, 1.82) is 0 Å². The van der Waals surface area contributed by atoms with Crippen LogP contribution in [0.1, 0.15) is 17.3 Å². The normalized spacial score (nSPS) is 16.1. The minimum atomic E-state index is -1.29. The number of ether oxygens (including phenoxy) is 3. The maximum atomic E-state index is 12.3. The summed E-state index contributed by atoms with van der Waals surface area (Å²) in [6.45, 7) is 1.87. The smallest absolute Gasteiger partial charge is 0.339 e. The van der Waals surface area contributed by atoms with E-state index in [2.05, 4.69) is 5.32 Å². The van der Waals surface area contributed by atoms with Crippen LogP contribution in [-0.4, -0.2) is 47.7 Å². The van der Waals surface area contributed by atoms with Crippen molar-refractivity contribution in [3.05, 3.63) is 54.1 Å². The van der Waals surface area contributed by atoms with Crippen molar-refractivity contribution >= 4 is 22.7 Å². The summed E-state index contributed by atoms with van der Waals surface area (Å²) in [6, 6.07) is 13.8. The number of carbonyl (C=O) groups excluding carboxylic acids is 2. The molecule has 1 aliphatic heterocycles. The fourth-order valence-corrected chi connectivity index (χ4v) is 3.58. The van der Waals surface area contributed by atoms with E-state index in [1.165, 1.54) is 6.07 Å². The Morgan fingerprint density at radius 1 is 1.14 bits per heavy atom. The second-order valence-electron chi connectivity index (χ2n) is 6.01. The van der Waals surface area contributed by atoms with E-state index in [1.807, 2.05) is 18.2 Å². The summed E-state index contributed by atoms with van der Waals surface area (Å²) in [6.07, 6.45) is -0.331. The fraction of sp³-hybridized carbons (Fsp3) is 0.300. The number of hydrogen-bond acceptors (Lipinski definition) is 6. The quantitative estimate of drug-likeness (QED) is 0.711. The predicted octanol–water partition coefficient (Wildman–Crippen LogP) is 1.93. The highest BCUT2D eigenvalue weighted by Crippen LogP contribution is 2.30. The van der Waals surface area contributed by atoms with Crippen LogP contribution in [0.5, 0.6) is 11.5 Å². The summed E-state index contributed by atoms with van der Waals surface area (Å²) in [7, 11) is -1.29. The molecule has 0 saturated carbocycles. The zero-order valence-electron chi connectivity index (χ0n) is 15.4. The number of hydrogen-bond donors (Lipinski definition) is 1. The van der Waals surface area contributed by atoms with Crippen molar-refractivity contribution in [2.75, 3.05) is 25.5 Å². The van der Waals surface area contributed by atoms with E-state index in [-0.39, 0.29) is 18.2 Å². The molecule has 0 unspecified atom stereocenters. The van der Waals surface area contributed by atoms with E-state index in [1.54, 1.807) is 31.2 Å². The minimum absolute atomic E-state index is 0.205. The van der Waals surface area contributed by atoms with Crippen molar-refractivity contribution in [1.82, 2.24) is 5.32 Å². The number of nitrogens with one attached hydrogen (secondary N) is 1. The van der Waals surface area contributed by atoms with Gasteiger partial charge in [0.15, 0.2) is 18.1 Å². The molecule has 3 rings (SSSR count). The Hall–Kier alpha value is -2.87. The third-order valence-corrected chi connectivity index (χ3v) is 5.41. The van der Waals surface area contributed by atoms with Gasteiger partial charge in [-0.25, -0.2) is 4.79 Å². The molecule has 1 aliphatic rings. The molecule has 0 radical (unpaired) electrons. The zero-order chi connectivity index (χ0) is 19.9. The molecule has 2 aromatic rings. The van der Waals surface area contributed by atoms with E-state index in [0.29, 0.717) is 28.8 Å². The van der Waals surface area contributed by atoms with E-state index in [9.17, 15) is 13.8 Å². The Labute approximate surface area is 165 Å². The fourth-order valence-electron chi connectivity index (χ4n) is 2.64. The zero-order valence-corrected chi connectivity index (χ0v) is 16.2. The van der Waals surface area contributed by atoms with Crippen LogP contribution in [0.4, 0.5) is 0 Å². The van der Waals surface area contributed by atoms with Gasteiger partial charge >= 0.3 is 5.97 Å². The molecule has 0 spiro atoms. The largest absolute Gasteiger partial charge is 0.486 e. The van der Waals surface area contributed by atoms with Crippen LogP contribution in [0.2, 0.25) is 0 Å². The van der Waals surface area contributed by atoms with Crippen molar-refractivity contribution in [3.63, 3.8) is 0 Å². The van der Waals surface area contributed by atoms with Crippen LogP contribution in [0.15, 0.2) is 53.4 Å². The molecule has 0 bridgehead atoms. The second kappa shape index (κ2) is 9.36. The second-order valence-corrected chi connectivity index (χ2v) is 7.72. The number of rotatable bonds is 7. The number of para-hydroxylation sites is 2. The topological polar surface area (TPSA) is 90.9 Å². The number of fused-ring (bicyclic) bond motifs is 1. The van der Waals surface area contributed by atoms with Gasteiger partial charge in [-0.05, 0) is 24.3 Å². The lowest BCUT2D eigenvalue weighted by Crippen LogP contribution is -2.42. The van der Waals surface area contributed by atoms with Gasteiger partial charge in [-0.1, -0.05) is 31.2 Å². The third kappa shape index (κ3) is 4.89. The molecule has 0 aliphatic carbocycles. The Morgan fingerprint density at radius 3 is 2.64 bits per heavy atom. The maximum Gasteiger partial charge on any atom is 0.339 e. The Balaban J connectivity index is 1.48. The van der Waals surface area contributed by atoms with Gasteiger partial charge in [0, 0.05) is 5.75 Å². The number of carbonyl (C=O) groups is 2. The molecule has 2 atom stereocenters. The van der Waals surface area contributed by atoms with Crippen LogP contribution in [0.25, 0.3) is 0 Å². The van der Waals surface area contributed by atoms with E-state index < -0.39 is 29.3 Å². The van der Waals surface area contributed by atoms with Crippen molar-refractivity contribution < 1.29 is 28.0 Å². The van der Waals surface area contributed by atoms with Gasteiger partial charge in [0.05, 0.1) is 27.8 Å². The summed E-state index contributed by atoms with van der Waals surface area (Å²) in [5.74, 6) is 0.544. The van der Waals surface area contributed by atoms with Crippen LogP contribution < -0.4 is 14.8 Å². The predicted molar refractivity (Wildman–Crippen MR) is 103 cm³/mol. The SMILES string of the molecule is CC[S@](=O)c1ccccc1C(=O)OCC(=O)NC[C@@H]1COc2ccccc2O1. The average Bonchev–Trinajstić information content (AvgIpc) is 2.75. The standard InChI is InChI=1S/C20H21NO6S/c1-2-28(24)18-10-6-3-7-15(18)20(23)26-13-19(22)21-11-14-12-25-16-8-4-5-9-17(16)27-14/h3-10,14H,2,11-13H2,1H3,(H,21,22)/t14-,28+/m1/s1. The molecule has 2 aromatic carbocycles. The van der Waals surface area contributed by atoms with Gasteiger partial charge in [-0.2, -0.15) is 0 Å². The molecule has 1 heterocycles. The molecule has 1 N–H and O–H groups in total. The van der Waals surface area contributed by atoms with Gasteiger partial charge in [0.25, 0.3) is 5.91 Å². The average molecular weight is 403 g/mol. The Bertz CT molecular complexity index is 885. The summed E-state index contributed by atoms with van der Waals surface area (Å²) in [5.41, 5.74) is 0.205. The molecule has 1 amide bonds. The Morgan fingerprint density at radius 2 is 1.86 bits per heavy atom. The van der Waals surface area contributed by atoms with Crippen LogP contribution in [-0.2, 0) is 20.3 Å². The molecule has 7 nitrogen and oxygen atoms in total. The summed E-state index contributed by atoms with van der Waals surface area (Å²) in [4.78, 5) is 24.7. The van der Waals surface area contributed by atoms with Gasteiger partial charge in [0.1, 0.15) is 12.7 Å². The minimum Gasteiger partial charge on any atom is -0.486 e. The molecule has 0 saturated heterocycles. The van der Waals surface area contributed by atoms with Gasteiger partial charge < -0.3 is 19.5 Å². The highest BCUT2D eigenvalue weighted by molar-refractivity contribution is 7.85. The first kappa shape index (κ1) is 19.9. The first-order valence-electron chi connectivity index (χ1n) is 8.88. The first-order valence-corrected chi connectivity index (χ1v) is 10.2. The van der Waals surface area contributed by atoms with Crippen LogP contribution in [0, 0.1) is 0 Å². The summed E-state index contributed by atoms with van der Waals surface area (Å²) >= 11 is 0. The summed E-state index contributed by atoms with van der Waals surface area (Å²) in [5, 5.41) is 2.66. The summed E-state index contributed by atoms with van der Waals surface area (Å²) < 4.78 is 28.4. The molecule has 0 aromatic heterocycles. The van der Waals surface area contributed by atoms with Crippen molar-refractivity contribution in [3.8, 4) is 11.5 Å². The molecule has 0 fully saturated rings. The lowest BCUT2D eigenvalue weighted by Gasteiger charge is -2.26. The van der Waals surface area contributed by atoms with Crippen molar-refractivity contribution in [2.24, 2.45) is 0 Å². The van der Waals surface area contributed by atoms with Gasteiger partial charge in [-0.15, -0.1) is 0 Å². The van der Waals surface area contributed by atoms with Crippen LogP contribution in [0.3, 0.4) is 0 Å². The molecular formula is C20H21NO6S. The lowest BCUT2D eigenvalue weighted by atomic mass is 10.2. The molecule has 28 heavy (non-hydrogen) atoms. The van der Waals surface area contributed by atoms with Crippen LogP contribution >= 0.6 is 0 Å². The third-order valence-electron chi connectivity index (χ3n) is 4.04. The highest BCUT2D eigenvalue weighted by atomic mass is 32.2. The lowest BCUT2D eigenvalue weighted by molar-refractivity contribution is -0.124. The Kier molecular flexibility index (Phi) is 6.65. The monoisotopic (exact) mass is 403 g/mol. The number of esters is 1. The molecule has 8 heteroatoms.